The van der Waals surface area contributed by atoms with Crippen LogP contribution in [0.3, 0.4) is 0 Å². The van der Waals surface area contributed by atoms with E-state index in [0.717, 1.165) is 18.9 Å². The molecule has 1 aromatic carbocycles. The number of hydrogen-bond donors (Lipinski definition) is 1. The highest BCUT2D eigenvalue weighted by Gasteiger charge is 2.22. The lowest BCUT2D eigenvalue weighted by Crippen LogP contribution is -2.32. The number of rotatable bonds is 7. The molecule has 0 heterocycles. The summed E-state index contributed by atoms with van der Waals surface area (Å²) < 4.78 is 5.54. The zero-order chi connectivity index (χ0) is 13.7. The summed E-state index contributed by atoms with van der Waals surface area (Å²) in [5.41, 5.74) is 2.88. The molecule has 1 fully saturated rings. The predicted molar refractivity (Wildman–Crippen MR) is 80.5 cm³/mol. The fourth-order valence-electron chi connectivity index (χ4n) is 2.74. The maximum absolute atomic E-state index is 5.54. The zero-order valence-corrected chi connectivity index (χ0v) is 12.5. The Morgan fingerprint density at radius 3 is 2.74 bits per heavy atom. The molecule has 1 saturated carbocycles. The minimum absolute atomic E-state index is 0.197. The van der Waals surface area contributed by atoms with Crippen LogP contribution in [0, 0.1) is 0 Å². The highest BCUT2D eigenvalue weighted by atomic mass is 16.5. The first kappa shape index (κ1) is 14.5. The smallest absolute Gasteiger partial charge is 0.0737 e. The number of nitrogens with one attached hydrogen (secondary N) is 1. The van der Waals surface area contributed by atoms with Crippen molar-refractivity contribution >= 4 is 0 Å². The Morgan fingerprint density at radius 2 is 2.16 bits per heavy atom. The van der Waals surface area contributed by atoms with E-state index in [2.05, 4.69) is 43.4 Å². The minimum atomic E-state index is 0.197. The van der Waals surface area contributed by atoms with Crippen LogP contribution in [0.25, 0.3) is 0 Å². The van der Waals surface area contributed by atoms with E-state index in [1.807, 2.05) is 0 Å². The fourth-order valence-corrected chi connectivity index (χ4v) is 2.74. The molecule has 0 radical (unpaired) electrons. The lowest BCUT2D eigenvalue weighted by atomic mass is 9.79. The summed E-state index contributed by atoms with van der Waals surface area (Å²) in [5, 5.41) is 3.61. The predicted octanol–water partition coefficient (Wildman–Crippen LogP) is 4.03. The van der Waals surface area contributed by atoms with Crippen LogP contribution in [0.2, 0.25) is 0 Å². The lowest BCUT2D eigenvalue weighted by Gasteiger charge is -2.29. The van der Waals surface area contributed by atoms with Gasteiger partial charge in [-0.05, 0) is 49.8 Å². The number of methoxy groups -OCH3 is 1. The van der Waals surface area contributed by atoms with E-state index in [9.17, 15) is 0 Å². The molecular formula is C17H27NO. The summed E-state index contributed by atoms with van der Waals surface area (Å²) in [7, 11) is 1.79. The van der Waals surface area contributed by atoms with Crippen molar-refractivity contribution in [1.29, 1.82) is 0 Å². The van der Waals surface area contributed by atoms with Crippen molar-refractivity contribution in [3.05, 3.63) is 35.4 Å². The largest absolute Gasteiger partial charge is 0.380 e. The van der Waals surface area contributed by atoms with Gasteiger partial charge in [-0.15, -0.1) is 0 Å². The van der Waals surface area contributed by atoms with Gasteiger partial charge in [0.2, 0.25) is 0 Å². The van der Waals surface area contributed by atoms with E-state index in [-0.39, 0.29) is 6.10 Å². The molecule has 0 spiro atoms. The molecule has 106 valence electrons. The summed E-state index contributed by atoms with van der Waals surface area (Å²) in [6.45, 7) is 5.38. The molecule has 0 bridgehead atoms. The maximum Gasteiger partial charge on any atom is 0.0737 e. The molecule has 0 aliphatic heterocycles. The Labute approximate surface area is 117 Å². The molecule has 0 saturated heterocycles. The normalized spacial score (nSPS) is 18.9. The Kier molecular flexibility index (Phi) is 5.41. The van der Waals surface area contributed by atoms with Gasteiger partial charge in [0.05, 0.1) is 12.1 Å². The van der Waals surface area contributed by atoms with Crippen molar-refractivity contribution in [2.75, 3.05) is 13.7 Å². The summed E-state index contributed by atoms with van der Waals surface area (Å²) in [6, 6.07) is 9.38. The van der Waals surface area contributed by atoms with Crippen molar-refractivity contribution in [1.82, 2.24) is 5.32 Å². The third kappa shape index (κ3) is 3.58. The van der Waals surface area contributed by atoms with Crippen LogP contribution in [-0.4, -0.2) is 19.8 Å². The fraction of sp³-hybridized carbons (Fsp3) is 0.647. The molecule has 2 rings (SSSR count). The van der Waals surface area contributed by atoms with E-state index in [1.165, 1.54) is 30.4 Å². The van der Waals surface area contributed by atoms with Crippen LogP contribution >= 0.6 is 0 Å². The van der Waals surface area contributed by atoms with Gasteiger partial charge in [0, 0.05) is 7.11 Å². The van der Waals surface area contributed by atoms with Crippen molar-refractivity contribution in [2.45, 2.75) is 57.6 Å². The zero-order valence-electron chi connectivity index (χ0n) is 12.5. The van der Waals surface area contributed by atoms with Gasteiger partial charge in [0.25, 0.3) is 0 Å². The van der Waals surface area contributed by atoms with Crippen molar-refractivity contribution in [3.8, 4) is 0 Å². The Bertz CT molecular complexity index is 387. The van der Waals surface area contributed by atoms with Gasteiger partial charge in [0.15, 0.2) is 0 Å². The molecular weight excluding hydrogens is 234 g/mol. The third-order valence-electron chi connectivity index (χ3n) is 4.30. The molecule has 1 N–H and O–H groups in total. The van der Waals surface area contributed by atoms with E-state index < -0.39 is 0 Å². The second-order valence-electron chi connectivity index (χ2n) is 5.67. The molecule has 19 heavy (non-hydrogen) atoms. The van der Waals surface area contributed by atoms with Crippen LogP contribution in [0.15, 0.2) is 24.3 Å². The van der Waals surface area contributed by atoms with Gasteiger partial charge < -0.3 is 10.1 Å². The van der Waals surface area contributed by atoms with Crippen molar-refractivity contribution < 1.29 is 4.74 Å². The average molecular weight is 261 g/mol. The Balaban J connectivity index is 2.14. The van der Waals surface area contributed by atoms with Crippen LogP contribution in [0.4, 0.5) is 0 Å². The van der Waals surface area contributed by atoms with E-state index in [1.54, 1.807) is 7.11 Å². The van der Waals surface area contributed by atoms with E-state index in [4.69, 9.17) is 4.74 Å². The maximum atomic E-state index is 5.54. The minimum Gasteiger partial charge on any atom is -0.380 e. The van der Waals surface area contributed by atoms with Crippen molar-refractivity contribution in [3.63, 3.8) is 0 Å². The van der Waals surface area contributed by atoms with Crippen LogP contribution in [0.5, 0.6) is 0 Å². The van der Waals surface area contributed by atoms with Crippen LogP contribution in [0.1, 0.15) is 62.6 Å². The second-order valence-corrected chi connectivity index (χ2v) is 5.67. The molecule has 2 nitrogen and oxygen atoms in total. The molecule has 2 unspecified atom stereocenters. The van der Waals surface area contributed by atoms with Gasteiger partial charge in [-0.25, -0.2) is 0 Å². The topological polar surface area (TPSA) is 21.3 Å². The lowest BCUT2D eigenvalue weighted by molar-refractivity contribution is 0.0830. The van der Waals surface area contributed by atoms with E-state index in [0.29, 0.717) is 6.04 Å². The van der Waals surface area contributed by atoms with Gasteiger partial charge in [0.1, 0.15) is 0 Å². The second kappa shape index (κ2) is 7.06. The molecule has 2 heteroatoms. The Morgan fingerprint density at radius 1 is 1.37 bits per heavy atom. The first-order chi connectivity index (χ1) is 9.26. The first-order valence-electron chi connectivity index (χ1n) is 7.62. The summed E-state index contributed by atoms with van der Waals surface area (Å²) in [6.07, 6.45) is 5.45. The van der Waals surface area contributed by atoms with Crippen molar-refractivity contribution in [2.24, 2.45) is 0 Å². The third-order valence-corrected chi connectivity index (χ3v) is 4.30. The van der Waals surface area contributed by atoms with Gasteiger partial charge in [-0.3, -0.25) is 0 Å². The highest BCUT2D eigenvalue weighted by Crippen LogP contribution is 2.37. The van der Waals surface area contributed by atoms with Crippen LogP contribution < -0.4 is 5.32 Å². The molecule has 0 aromatic heterocycles. The molecule has 0 amide bonds. The number of hydrogen-bond acceptors (Lipinski definition) is 2. The first-order valence-corrected chi connectivity index (χ1v) is 7.62. The van der Waals surface area contributed by atoms with Crippen LogP contribution in [-0.2, 0) is 4.74 Å². The summed E-state index contributed by atoms with van der Waals surface area (Å²) in [5.74, 6) is 0.796. The summed E-state index contributed by atoms with van der Waals surface area (Å²) >= 11 is 0. The number of ether oxygens (including phenoxy) is 1. The number of benzene rings is 1. The SMILES string of the molecule is CCCNC(c1cccc(C2CCC2)c1)C(C)OC. The molecule has 1 aliphatic carbocycles. The highest BCUT2D eigenvalue weighted by molar-refractivity contribution is 5.30. The molecule has 1 aliphatic rings. The molecule has 2 atom stereocenters. The standard InChI is InChI=1S/C17H27NO/c1-4-11-18-17(13(2)19-3)16-10-6-9-15(12-16)14-7-5-8-14/h6,9-10,12-14,17-18H,4-5,7-8,11H2,1-3H3. The van der Waals surface area contributed by atoms with Gasteiger partial charge in [-0.2, -0.15) is 0 Å². The summed E-state index contributed by atoms with van der Waals surface area (Å²) in [4.78, 5) is 0. The Hall–Kier alpha value is -0.860. The quantitative estimate of drug-likeness (QED) is 0.800. The average Bonchev–Trinajstić information content (AvgIpc) is 2.37. The molecule has 1 aromatic rings. The van der Waals surface area contributed by atoms with E-state index >= 15 is 0 Å². The van der Waals surface area contributed by atoms with Gasteiger partial charge >= 0.3 is 0 Å². The monoisotopic (exact) mass is 261 g/mol. The van der Waals surface area contributed by atoms with Gasteiger partial charge in [-0.1, -0.05) is 37.6 Å².